The molecular formula is C18H21NO. The maximum Gasteiger partial charge on any atom is 0.0643 e. The highest BCUT2D eigenvalue weighted by molar-refractivity contribution is 5.34. The Morgan fingerprint density at radius 1 is 0.900 bits per heavy atom. The van der Waals surface area contributed by atoms with Crippen molar-refractivity contribution < 1.29 is 4.74 Å². The molecule has 3 rings (SSSR count). The molecule has 1 aliphatic rings. The molecule has 1 unspecified atom stereocenters. The highest BCUT2D eigenvalue weighted by Gasteiger charge is 2.26. The molecule has 1 N–H and O–H groups in total. The summed E-state index contributed by atoms with van der Waals surface area (Å²) < 4.78 is 5.26. The van der Waals surface area contributed by atoms with Gasteiger partial charge in [0.05, 0.1) is 19.3 Å². The third kappa shape index (κ3) is 2.92. The van der Waals surface area contributed by atoms with Crippen LogP contribution in [0.1, 0.15) is 24.0 Å². The third-order valence-electron chi connectivity index (χ3n) is 3.95. The minimum Gasteiger partial charge on any atom is -0.378 e. The predicted octanol–water partition coefficient (Wildman–Crippen LogP) is 3.20. The van der Waals surface area contributed by atoms with Crippen molar-refractivity contribution >= 4 is 0 Å². The van der Waals surface area contributed by atoms with E-state index in [2.05, 4.69) is 72.9 Å². The van der Waals surface area contributed by atoms with Crippen molar-refractivity contribution in [2.24, 2.45) is 0 Å². The summed E-state index contributed by atoms with van der Waals surface area (Å²) >= 11 is 0. The van der Waals surface area contributed by atoms with E-state index in [1.807, 2.05) is 0 Å². The average Bonchev–Trinajstić information content (AvgIpc) is 2.46. The highest BCUT2D eigenvalue weighted by Crippen LogP contribution is 2.28. The zero-order valence-corrected chi connectivity index (χ0v) is 11.8. The topological polar surface area (TPSA) is 21.3 Å². The van der Waals surface area contributed by atoms with Crippen LogP contribution in [0.4, 0.5) is 0 Å². The number of nitrogens with one attached hydrogen (secondary N) is 1. The summed E-state index contributed by atoms with van der Waals surface area (Å²) in [4.78, 5) is 0. The molecular weight excluding hydrogens is 246 g/mol. The van der Waals surface area contributed by atoms with Crippen LogP contribution < -0.4 is 5.32 Å². The van der Waals surface area contributed by atoms with Gasteiger partial charge in [0.1, 0.15) is 0 Å². The lowest BCUT2D eigenvalue weighted by molar-refractivity contribution is -0.00984. The molecule has 2 heteroatoms. The summed E-state index contributed by atoms with van der Waals surface area (Å²) in [5, 5.41) is 3.69. The minimum absolute atomic E-state index is 0.373. The number of hydrogen-bond donors (Lipinski definition) is 1. The van der Waals surface area contributed by atoms with Crippen molar-refractivity contribution in [3.8, 4) is 0 Å². The van der Waals surface area contributed by atoms with E-state index in [0.717, 1.165) is 13.2 Å². The van der Waals surface area contributed by atoms with Crippen LogP contribution >= 0.6 is 0 Å². The Bertz CT molecular complexity index is 482. The highest BCUT2D eigenvalue weighted by atomic mass is 16.5. The molecule has 0 aromatic heterocycles. The summed E-state index contributed by atoms with van der Waals surface area (Å²) in [6, 6.07) is 22.4. The Morgan fingerprint density at radius 3 is 1.80 bits per heavy atom. The van der Waals surface area contributed by atoms with Crippen molar-refractivity contribution in [3.63, 3.8) is 0 Å². The van der Waals surface area contributed by atoms with Crippen LogP contribution in [-0.4, -0.2) is 25.3 Å². The second kappa shape index (κ2) is 6.21. The van der Waals surface area contributed by atoms with Gasteiger partial charge in [-0.15, -0.1) is 0 Å². The van der Waals surface area contributed by atoms with Crippen molar-refractivity contribution in [1.82, 2.24) is 5.32 Å². The monoisotopic (exact) mass is 267 g/mol. The van der Waals surface area contributed by atoms with E-state index in [1.165, 1.54) is 11.1 Å². The van der Waals surface area contributed by atoms with Gasteiger partial charge in [0.2, 0.25) is 0 Å². The number of hydrogen-bond acceptors (Lipinski definition) is 2. The van der Waals surface area contributed by atoms with Gasteiger partial charge in [0.15, 0.2) is 0 Å². The Labute approximate surface area is 120 Å². The molecule has 104 valence electrons. The van der Waals surface area contributed by atoms with Crippen molar-refractivity contribution in [3.05, 3.63) is 71.8 Å². The van der Waals surface area contributed by atoms with Gasteiger partial charge >= 0.3 is 0 Å². The second-order valence-electron chi connectivity index (χ2n) is 5.49. The van der Waals surface area contributed by atoms with Crippen molar-refractivity contribution in [2.45, 2.75) is 24.9 Å². The van der Waals surface area contributed by atoms with Gasteiger partial charge in [-0.1, -0.05) is 60.7 Å². The lowest BCUT2D eigenvalue weighted by Gasteiger charge is -2.34. The molecule has 0 spiro atoms. The fourth-order valence-electron chi connectivity index (χ4n) is 2.89. The van der Waals surface area contributed by atoms with Gasteiger partial charge in [-0.25, -0.2) is 0 Å². The van der Waals surface area contributed by atoms with Gasteiger partial charge < -0.3 is 10.1 Å². The van der Waals surface area contributed by atoms with Crippen LogP contribution in [0.5, 0.6) is 0 Å². The summed E-state index contributed by atoms with van der Waals surface area (Å²) in [5.41, 5.74) is 2.72. The minimum atomic E-state index is 0.373. The zero-order chi connectivity index (χ0) is 13.8. The van der Waals surface area contributed by atoms with Crippen molar-refractivity contribution in [1.29, 1.82) is 0 Å². The fraction of sp³-hybridized carbons (Fsp3) is 0.333. The SMILES string of the molecule is CC(NC1COC1)C(c1ccccc1)c1ccccc1. The number of benzene rings is 2. The maximum atomic E-state index is 5.26. The van der Waals surface area contributed by atoms with Gasteiger partial charge in [-0.05, 0) is 18.1 Å². The molecule has 1 fully saturated rings. The smallest absolute Gasteiger partial charge is 0.0643 e. The molecule has 1 aliphatic heterocycles. The lowest BCUT2D eigenvalue weighted by Crippen LogP contribution is -2.51. The Kier molecular flexibility index (Phi) is 4.14. The van der Waals surface area contributed by atoms with Crippen LogP contribution in [0, 0.1) is 0 Å². The van der Waals surface area contributed by atoms with E-state index in [-0.39, 0.29) is 0 Å². The van der Waals surface area contributed by atoms with Gasteiger partial charge in [-0.3, -0.25) is 0 Å². The van der Waals surface area contributed by atoms with Gasteiger partial charge in [-0.2, -0.15) is 0 Å². The Morgan fingerprint density at radius 2 is 1.40 bits per heavy atom. The summed E-state index contributed by atoms with van der Waals surface area (Å²) in [7, 11) is 0. The van der Waals surface area contributed by atoms with Gasteiger partial charge in [0.25, 0.3) is 0 Å². The first-order valence-corrected chi connectivity index (χ1v) is 7.28. The number of rotatable bonds is 5. The van der Waals surface area contributed by atoms with Crippen molar-refractivity contribution in [2.75, 3.05) is 13.2 Å². The zero-order valence-electron chi connectivity index (χ0n) is 11.8. The summed E-state index contributed by atoms with van der Waals surface area (Å²) in [6.45, 7) is 3.93. The average molecular weight is 267 g/mol. The molecule has 2 aromatic carbocycles. The van der Waals surface area contributed by atoms with Crippen LogP contribution in [0.3, 0.4) is 0 Å². The summed E-state index contributed by atoms with van der Waals surface area (Å²) in [5.74, 6) is 0.373. The molecule has 0 bridgehead atoms. The maximum absolute atomic E-state index is 5.26. The number of ether oxygens (including phenoxy) is 1. The van der Waals surface area contributed by atoms with E-state index >= 15 is 0 Å². The van der Waals surface area contributed by atoms with Crippen LogP contribution in [-0.2, 0) is 4.74 Å². The van der Waals surface area contributed by atoms with Crippen LogP contribution in [0.15, 0.2) is 60.7 Å². The molecule has 2 aromatic rings. The molecule has 0 aliphatic carbocycles. The first kappa shape index (κ1) is 13.3. The first-order chi connectivity index (χ1) is 9.84. The molecule has 20 heavy (non-hydrogen) atoms. The quantitative estimate of drug-likeness (QED) is 0.898. The van der Waals surface area contributed by atoms with E-state index < -0.39 is 0 Å². The van der Waals surface area contributed by atoms with E-state index in [9.17, 15) is 0 Å². The normalized spacial score (nSPS) is 16.9. The molecule has 1 atom stereocenters. The largest absolute Gasteiger partial charge is 0.378 e. The molecule has 0 radical (unpaired) electrons. The van der Waals surface area contributed by atoms with E-state index in [0.29, 0.717) is 18.0 Å². The standard InChI is InChI=1S/C18H21NO/c1-14(19-17-12-20-13-17)18(15-8-4-2-5-9-15)16-10-6-3-7-11-16/h2-11,14,17-19H,12-13H2,1H3. The fourth-order valence-corrected chi connectivity index (χ4v) is 2.89. The van der Waals surface area contributed by atoms with E-state index in [4.69, 9.17) is 4.74 Å². The van der Waals surface area contributed by atoms with Crippen LogP contribution in [0.2, 0.25) is 0 Å². The molecule has 1 heterocycles. The Hall–Kier alpha value is -1.64. The second-order valence-corrected chi connectivity index (χ2v) is 5.49. The Balaban J connectivity index is 1.86. The third-order valence-corrected chi connectivity index (χ3v) is 3.95. The lowest BCUT2D eigenvalue weighted by atomic mass is 9.85. The van der Waals surface area contributed by atoms with E-state index in [1.54, 1.807) is 0 Å². The summed E-state index contributed by atoms with van der Waals surface area (Å²) in [6.07, 6.45) is 0. The molecule has 1 saturated heterocycles. The predicted molar refractivity (Wildman–Crippen MR) is 81.9 cm³/mol. The first-order valence-electron chi connectivity index (χ1n) is 7.28. The molecule has 0 amide bonds. The van der Waals surface area contributed by atoms with Crippen LogP contribution in [0.25, 0.3) is 0 Å². The molecule has 2 nitrogen and oxygen atoms in total. The molecule has 0 saturated carbocycles. The van der Waals surface area contributed by atoms with Gasteiger partial charge in [0, 0.05) is 12.0 Å².